The summed E-state index contributed by atoms with van der Waals surface area (Å²) < 4.78 is 10.9. The number of hydrogen-bond acceptors (Lipinski definition) is 3. The van der Waals surface area contributed by atoms with Crippen LogP contribution in [0.2, 0.25) is 0 Å². The topological polar surface area (TPSA) is 48.8 Å². The maximum atomic E-state index is 6.23. The van der Waals surface area contributed by atoms with Crippen LogP contribution in [-0.2, 0) is 0 Å². The van der Waals surface area contributed by atoms with Crippen LogP contribution in [0.5, 0.6) is 0 Å². The molecule has 0 aliphatic carbocycles. The van der Waals surface area contributed by atoms with Gasteiger partial charge < -0.3 is 8.98 Å². The molecular formula is C58H36N4O. The first-order chi connectivity index (χ1) is 31.2. The van der Waals surface area contributed by atoms with E-state index in [1.807, 2.05) is 18.2 Å². The summed E-state index contributed by atoms with van der Waals surface area (Å²) in [5, 5.41) is 6.80. The van der Waals surface area contributed by atoms with Crippen molar-refractivity contribution >= 4 is 65.7 Å². The van der Waals surface area contributed by atoms with Gasteiger partial charge in [0.1, 0.15) is 16.8 Å². The first-order valence-electron chi connectivity index (χ1n) is 21.3. The zero-order valence-electron chi connectivity index (χ0n) is 34.0. The van der Waals surface area contributed by atoms with Crippen LogP contribution in [0.25, 0.3) is 122 Å². The van der Waals surface area contributed by atoms with Gasteiger partial charge in [-0.3, -0.25) is 4.57 Å². The quantitative estimate of drug-likeness (QED) is 0.168. The minimum Gasteiger partial charge on any atom is -0.456 e. The molecule has 13 aromatic rings. The molecule has 0 fully saturated rings. The van der Waals surface area contributed by atoms with Gasteiger partial charge in [0.15, 0.2) is 5.82 Å². The highest BCUT2D eigenvalue weighted by Crippen LogP contribution is 2.42. The summed E-state index contributed by atoms with van der Waals surface area (Å²) in [6.45, 7) is 0. The average molecular weight is 805 g/mol. The molecule has 0 saturated carbocycles. The van der Waals surface area contributed by atoms with E-state index in [0.717, 1.165) is 94.3 Å². The van der Waals surface area contributed by atoms with Gasteiger partial charge in [-0.25, -0.2) is 9.97 Å². The van der Waals surface area contributed by atoms with Crippen molar-refractivity contribution in [3.05, 3.63) is 218 Å². The molecule has 0 amide bonds. The molecule has 0 aliphatic heterocycles. The zero-order chi connectivity index (χ0) is 41.4. The molecule has 0 unspecified atom stereocenters. The van der Waals surface area contributed by atoms with E-state index in [-0.39, 0.29) is 0 Å². The van der Waals surface area contributed by atoms with E-state index in [1.54, 1.807) is 0 Å². The van der Waals surface area contributed by atoms with Gasteiger partial charge in [-0.2, -0.15) is 0 Å². The lowest BCUT2D eigenvalue weighted by Crippen LogP contribution is -1.99. The van der Waals surface area contributed by atoms with Crippen LogP contribution in [0.4, 0.5) is 0 Å². The second-order valence-electron chi connectivity index (χ2n) is 16.1. The molecular weight excluding hydrogens is 769 g/mol. The van der Waals surface area contributed by atoms with Crippen molar-refractivity contribution in [2.45, 2.75) is 0 Å². The largest absolute Gasteiger partial charge is 0.456 e. The van der Waals surface area contributed by atoms with Crippen molar-refractivity contribution < 1.29 is 4.42 Å². The van der Waals surface area contributed by atoms with Crippen LogP contribution >= 0.6 is 0 Å². The normalized spacial score (nSPS) is 11.8. The molecule has 0 N–H and O–H groups in total. The van der Waals surface area contributed by atoms with E-state index in [1.165, 1.54) is 21.8 Å². The predicted molar refractivity (Wildman–Crippen MR) is 260 cm³/mol. The van der Waals surface area contributed by atoms with Gasteiger partial charge in [0.05, 0.1) is 27.6 Å². The summed E-state index contributed by atoms with van der Waals surface area (Å²) in [5.41, 5.74) is 15.7. The molecule has 0 saturated heterocycles. The van der Waals surface area contributed by atoms with Crippen molar-refractivity contribution in [1.82, 2.24) is 19.1 Å². The Hall–Kier alpha value is -8.54. The number of para-hydroxylation sites is 4. The molecule has 0 atom stereocenters. The molecule has 9 aromatic carbocycles. The maximum absolute atomic E-state index is 6.23. The smallest absolute Gasteiger partial charge is 0.162 e. The van der Waals surface area contributed by atoms with Crippen molar-refractivity contribution in [3.63, 3.8) is 0 Å². The van der Waals surface area contributed by atoms with Crippen molar-refractivity contribution in [1.29, 1.82) is 0 Å². The lowest BCUT2D eigenvalue weighted by atomic mass is 9.98. The number of furan rings is 1. The number of rotatable bonds is 6. The molecule has 5 nitrogen and oxygen atoms in total. The summed E-state index contributed by atoms with van der Waals surface area (Å²) >= 11 is 0. The first-order valence-corrected chi connectivity index (χ1v) is 21.3. The number of nitrogens with zero attached hydrogens (tertiary/aromatic N) is 4. The van der Waals surface area contributed by atoms with Gasteiger partial charge in [-0.1, -0.05) is 152 Å². The van der Waals surface area contributed by atoms with Crippen LogP contribution in [0.15, 0.2) is 223 Å². The van der Waals surface area contributed by atoms with E-state index in [4.69, 9.17) is 14.4 Å². The van der Waals surface area contributed by atoms with Gasteiger partial charge in [-0.15, -0.1) is 0 Å². The highest BCUT2D eigenvalue weighted by atomic mass is 16.3. The molecule has 63 heavy (non-hydrogen) atoms. The number of benzene rings is 9. The summed E-state index contributed by atoms with van der Waals surface area (Å²) in [4.78, 5) is 10.9. The summed E-state index contributed by atoms with van der Waals surface area (Å²) in [5.74, 6) is 0.667. The summed E-state index contributed by atoms with van der Waals surface area (Å²) in [7, 11) is 0. The molecule has 294 valence electrons. The molecule has 13 rings (SSSR count). The minimum atomic E-state index is 0.667. The van der Waals surface area contributed by atoms with E-state index >= 15 is 0 Å². The monoisotopic (exact) mass is 804 g/mol. The van der Waals surface area contributed by atoms with Crippen LogP contribution in [-0.4, -0.2) is 19.1 Å². The molecule has 0 bridgehead atoms. The molecule has 0 radical (unpaired) electrons. The van der Waals surface area contributed by atoms with E-state index < -0.39 is 0 Å². The van der Waals surface area contributed by atoms with Crippen LogP contribution in [0.1, 0.15) is 0 Å². The zero-order valence-corrected chi connectivity index (χ0v) is 34.0. The van der Waals surface area contributed by atoms with Gasteiger partial charge in [0.2, 0.25) is 0 Å². The lowest BCUT2D eigenvalue weighted by molar-refractivity contribution is 0.669. The predicted octanol–water partition coefficient (Wildman–Crippen LogP) is 15.2. The van der Waals surface area contributed by atoms with Crippen molar-refractivity contribution in [2.75, 3.05) is 0 Å². The van der Waals surface area contributed by atoms with Gasteiger partial charge in [-0.05, 0) is 89.0 Å². The number of hydrogen-bond donors (Lipinski definition) is 0. The third-order valence-corrected chi connectivity index (χ3v) is 12.5. The Balaban J connectivity index is 1.01. The Labute approximate surface area is 362 Å². The van der Waals surface area contributed by atoms with E-state index in [2.05, 4.69) is 209 Å². The molecule has 0 aliphatic rings. The second-order valence-corrected chi connectivity index (χ2v) is 16.1. The Morgan fingerprint density at radius 1 is 0.333 bits per heavy atom. The molecule has 0 spiro atoms. The van der Waals surface area contributed by atoms with Crippen LogP contribution in [0.3, 0.4) is 0 Å². The fraction of sp³-hybridized carbons (Fsp3) is 0. The van der Waals surface area contributed by atoms with Gasteiger partial charge in [0.25, 0.3) is 0 Å². The van der Waals surface area contributed by atoms with Crippen LogP contribution < -0.4 is 0 Å². The number of aromatic nitrogens is 4. The minimum absolute atomic E-state index is 0.667. The third-order valence-electron chi connectivity index (χ3n) is 12.5. The van der Waals surface area contributed by atoms with Crippen molar-refractivity contribution in [3.8, 4) is 56.3 Å². The fourth-order valence-electron chi connectivity index (χ4n) is 9.68. The first kappa shape index (κ1) is 35.2. The third kappa shape index (κ3) is 5.57. The SMILES string of the molecule is c1ccc(-c2nc(-c3ccc(-c4cccc5oc6ccccc6c45)cc3)nc3c2c2cc(-c4ccc5c(c4)c4ccccc4n5-c4ccccc4)ccc2n3-c2ccccc2)cc1. The average Bonchev–Trinajstić information content (AvgIpc) is 4.02. The lowest BCUT2D eigenvalue weighted by Gasteiger charge is -2.11. The maximum Gasteiger partial charge on any atom is 0.162 e. The standard InChI is InChI=1S/C58H36N4O/c1-4-15-38(16-5-1)56-55-48-36-41(40-31-33-50-47(35-40)45-21-10-12-24-49(45)61(50)42-17-6-2-7-18-42)32-34-51(48)62(43-19-8-3-9-20-43)58(55)60-57(59-56)39-29-27-37(28-30-39)44-23-14-26-53-54(44)46-22-11-13-25-52(46)63-53/h1-36H. The molecule has 5 heteroatoms. The van der Waals surface area contributed by atoms with E-state index in [0.29, 0.717) is 5.82 Å². The summed E-state index contributed by atoms with van der Waals surface area (Å²) in [6, 6.07) is 77.2. The Morgan fingerprint density at radius 3 is 1.63 bits per heavy atom. The second kappa shape index (κ2) is 14.0. The Morgan fingerprint density at radius 2 is 0.889 bits per heavy atom. The highest BCUT2D eigenvalue weighted by molar-refractivity contribution is 6.16. The van der Waals surface area contributed by atoms with E-state index in [9.17, 15) is 0 Å². The van der Waals surface area contributed by atoms with Gasteiger partial charge >= 0.3 is 0 Å². The molecule has 4 heterocycles. The summed E-state index contributed by atoms with van der Waals surface area (Å²) in [6.07, 6.45) is 0. The Kier molecular flexibility index (Phi) is 7.84. The number of fused-ring (bicyclic) bond motifs is 9. The van der Waals surface area contributed by atoms with Gasteiger partial charge in [0, 0.05) is 49.4 Å². The fourth-order valence-corrected chi connectivity index (χ4v) is 9.68. The highest BCUT2D eigenvalue weighted by Gasteiger charge is 2.22. The molecule has 4 aromatic heterocycles. The van der Waals surface area contributed by atoms with Crippen LogP contribution in [0, 0.1) is 0 Å². The Bertz CT molecular complexity index is 3880. The van der Waals surface area contributed by atoms with Crippen molar-refractivity contribution in [2.24, 2.45) is 0 Å².